The van der Waals surface area contributed by atoms with Crippen LogP contribution in [-0.4, -0.2) is 49.2 Å². The van der Waals surface area contributed by atoms with Crippen molar-refractivity contribution in [2.75, 3.05) is 18.9 Å². The fraction of sp³-hybridized carbons (Fsp3) is 0.292. The highest BCUT2D eigenvalue weighted by Gasteiger charge is 2.23. The molecule has 0 fully saturated rings. The number of nitrogens with zero attached hydrogens (tertiary/aromatic N) is 6. The summed E-state index contributed by atoms with van der Waals surface area (Å²) in [4.78, 5) is 13.2. The van der Waals surface area contributed by atoms with E-state index >= 15 is 0 Å². The molecular formula is C24H27N7O2S. The molecule has 4 rings (SSSR count). The number of pyridine rings is 1. The van der Waals surface area contributed by atoms with Crippen molar-refractivity contribution in [3.05, 3.63) is 66.0 Å². The van der Waals surface area contributed by atoms with Crippen LogP contribution in [0.5, 0.6) is 11.5 Å². The molecule has 3 heterocycles. The second-order valence-corrected chi connectivity index (χ2v) is 9.10. The van der Waals surface area contributed by atoms with Crippen LogP contribution in [0.2, 0.25) is 0 Å². The Morgan fingerprint density at radius 3 is 2.32 bits per heavy atom. The van der Waals surface area contributed by atoms with Crippen molar-refractivity contribution in [1.82, 2.24) is 29.7 Å². The zero-order chi connectivity index (χ0) is 24.1. The lowest BCUT2D eigenvalue weighted by Gasteiger charge is -2.18. The second kappa shape index (κ2) is 10.5. The van der Waals surface area contributed by atoms with E-state index in [1.54, 1.807) is 26.6 Å². The molecule has 9 nitrogen and oxygen atoms in total. The number of rotatable bonds is 9. The Balaban J connectivity index is 1.70. The van der Waals surface area contributed by atoms with Gasteiger partial charge in [0.2, 0.25) is 5.95 Å². The Labute approximate surface area is 203 Å². The maximum Gasteiger partial charge on any atom is 0.239 e. The van der Waals surface area contributed by atoms with Crippen molar-refractivity contribution in [2.24, 2.45) is 0 Å². The molecule has 176 valence electrons. The van der Waals surface area contributed by atoms with E-state index in [0.717, 1.165) is 22.5 Å². The third-order valence-electron chi connectivity index (χ3n) is 5.08. The summed E-state index contributed by atoms with van der Waals surface area (Å²) < 4.78 is 16.6. The van der Waals surface area contributed by atoms with Crippen molar-refractivity contribution in [3.8, 4) is 28.6 Å². The number of ether oxygens (including phenoxy) is 2. The highest BCUT2D eigenvalue weighted by atomic mass is 32.2. The number of aryl methyl sites for hydroxylation is 2. The van der Waals surface area contributed by atoms with E-state index in [1.807, 2.05) is 55.1 Å². The Bertz CT molecular complexity index is 1240. The number of anilines is 1. The lowest BCUT2D eigenvalue weighted by Crippen LogP contribution is -2.11. The summed E-state index contributed by atoms with van der Waals surface area (Å²) in [7, 11) is 3.25. The van der Waals surface area contributed by atoms with Gasteiger partial charge < -0.3 is 9.47 Å². The first-order valence-corrected chi connectivity index (χ1v) is 11.7. The molecule has 0 saturated carbocycles. The molecule has 0 aliphatic heterocycles. The van der Waals surface area contributed by atoms with Crippen LogP contribution in [0.3, 0.4) is 0 Å². The van der Waals surface area contributed by atoms with Crippen molar-refractivity contribution < 1.29 is 9.47 Å². The van der Waals surface area contributed by atoms with Crippen molar-refractivity contribution >= 4 is 17.9 Å². The normalized spacial score (nSPS) is 11.8. The molecule has 10 heteroatoms. The molecule has 34 heavy (non-hydrogen) atoms. The minimum Gasteiger partial charge on any atom is -0.494 e. The molecule has 1 aromatic carbocycles. The molecule has 0 amide bonds. The number of methoxy groups -OCH3 is 2. The van der Waals surface area contributed by atoms with Gasteiger partial charge in [0.25, 0.3) is 0 Å². The van der Waals surface area contributed by atoms with Crippen molar-refractivity contribution in [1.29, 1.82) is 0 Å². The van der Waals surface area contributed by atoms with E-state index in [-0.39, 0.29) is 5.25 Å². The van der Waals surface area contributed by atoms with Crippen LogP contribution in [0.25, 0.3) is 17.1 Å². The fourth-order valence-electron chi connectivity index (χ4n) is 3.46. The number of nitrogens with one attached hydrogen (secondary N) is 1. The molecular weight excluding hydrogens is 450 g/mol. The summed E-state index contributed by atoms with van der Waals surface area (Å²) in [6.45, 7) is 6.07. The second-order valence-electron chi connectivity index (χ2n) is 7.86. The molecule has 0 bridgehead atoms. The quantitative estimate of drug-likeness (QED) is 0.351. The number of para-hydroxylation sites is 1. The Morgan fingerprint density at radius 2 is 1.68 bits per heavy atom. The highest BCUT2D eigenvalue weighted by Crippen LogP contribution is 2.38. The van der Waals surface area contributed by atoms with E-state index in [1.165, 1.54) is 11.9 Å². The molecule has 0 spiro atoms. The van der Waals surface area contributed by atoms with Crippen LogP contribution >= 0.6 is 11.9 Å². The predicted octanol–water partition coefficient (Wildman–Crippen LogP) is 4.44. The van der Waals surface area contributed by atoms with Crippen molar-refractivity contribution in [2.45, 2.75) is 32.4 Å². The van der Waals surface area contributed by atoms with Gasteiger partial charge in [0.1, 0.15) is 23.0 Å². The van der Waals surface area contributed by atoms with Crippen LogP contribution in [-0.2, 0) is 6.42 Å². The van der Waals surface area contributed by atoms with Gasteiger partial charge in [0, 0.05) is 42.0 Å². The Morgan fingerprint density at radius 1 is 0.971 bits per heavy atom. The van der Waals surface area contributed by atoms with Gasteiger partial charge in [-0.05, 0) is 55.1 Å². The fourth-order valence-corrected chi connectivity index (χ4v) is 4.13. The van der Waals surface area contributed by atoms with E-state index < -0.39 is 0 Å². The zero-order valence-corrected chi connectivity index (χ0v) is 20.6. The molecule has 0 aliphatic carbocycles. The van der Waals surface area contributed by atoms with Crippen molar-refractivity contribution in [3.63, 3.8) is 0 Å². The van der Waals surface area contributed by atoms with Gasteiger partial charge in [-0.2, -0.15) is 0 Å². The number of benzene rings is 1. The zero-order valence-electron chi connectivity index (χ0n) is 19.8. The third kappa shape index (κ3) is 5.12. The molecule has 0 unspecified atom stereocenters. The summed E-state index contributed by atoms with van der Waals surface area (Å²) >= 11 is 1.53. The topological polar surface area (TPSA) is 99.9 Å². The van der Waals surface area contributed by atoms with Gasteiger partial charge >= 0.3 is 0 Å². The van der Waals surface area contributed by atoms with E-state index in [2.05, 4.69) is 36.8 Å². The Kier molecular flexibility index (Phi) is 7.27. The van der Waals surface area contributed by atoms with E-state index in [4.69, 9.17) is 9.47 Å². The van der Waals surface area contributed by atoms with Gasteiger partial charge in [0.05, 0.1) is 14.2 Å². The summed E-state index contributed by atoms with van der Waals surface area (Å²) in [5, 5.41) is 9.12. The number of hydrogen-bond donors (Lipinski definition) is 1. The molecule has 0 radical (unpaired) electrons. The highest BCUT2D eigenvalue weighted by molar-refractivity contribution is 8.01. The first-order chi connectivity index (χ1) is 16.5. The predicted molar refractivity (Wildman–Crippen MR) is 134 cm³/mol. The largest absolute Gasteiger partial charge is 0.494 e. The SMILES string of the molecule is COc1cccc(OC)c1-n1c(NS[C@H](C)Cc2ncc(C)cn2)nnc1-c1cncc(C)c1. The number of aromatic nitrogens is 6. The van der Waals surface area contributed by atoms with Crippen LogP contribution in [0.15, 0.2) is 49.1 Å². The lowest BCUT2D eigenvalue weighted by molar-refractivity contribution is 0.391. The smallest absolute Gasteiger partial charge is 0.239 e. The van der Waals surface area contributed by atoms with Gasteiger partial charge in [-0.15, -0.1) is 10.2 Å². The average Bonchev–Trinajstić information content (AvgIpc) is 3.27. The van der Waals surface area contributed by atoms with Gasteiger partial charge in [-0.3, -0.25) is 14.3 Å². The molecule has 1 N–H and O–H groups in total. The van der Waals surface area contributed by atoms with Gasteiger partial charge in [-0.25, -0.2) is 9.97 Å². The van der Waals surface area contributed by atoms with Crippen LogP contribution in [0, 0.1) is 13.8 Å². The van der Waals surface area contributed by atoms with Gasteiger partial charge in [-0.1, -0.05) is 13.0 Å². The summed E-state index contributed by atoms with van der Waals surface area (Å²) in [5.41, 5.74) is 3.60. The minimum absolute atomic E-state index is 0.177. The molecule has 0 aliphatic rings. The van der Waals surface area contributed by atoms with Crippen LogP contribution < -0.4 is 14.2 Å². The standard InChI is InChI=1S/C24H27N7O2S/c1-15-9-18(14-25-11-15)23-28-29-24(30-34-17(3)10-21-26-12-16(2)13-27-21)31(23)22-19(32-4)7-6-8-20(22)33-5/h6-9,11-14,17H,10H2,1-5H3,(H,29,30)/t17-/m1/s1. The maximum absolute atomic E-state index is 5.67. The summed E-state index contributed by atoms with van der Waals surface area (Å²) in [6.07, 6.45) is 7.94. The molecule has 4 aromatic rings. The monoisotopic (exact) mass is 477 g/mol. The first kappa shape index (κ1) is 23.5. The summed E-state index contributed by atoms with van der Waals surface area (Å²) in [6, 6.07) is 7.66. The molecule has 3 aromatic heterocycles. The third-order valence-corrected chi connectivity index (χ3v) is 5.95. The van der Waals surface area contributed by atoms with Gasteiger partial charge in [0.15, 0.2) is 5.82 Å². The van der Waals surface area contributed by atoms with E-state index in [9.17, 15) is 0 Å². The number of hydrogen-bond acceptors (Lipinski definition) is 9. The van der Waals surface area contributed by atoms with Crippen LogP contribution in [0.1, 0.15) is 23.9 Å². The minimum atomic E-state index is 0.177. The lowest BCUT2D eigenvalue weighted by atomic mass is 10.2. The summed E-state index contributed by atoms with van der Waals surface area (Å²) in [5.74, 6) is 3.23. The molecule has 1 atom stereocenters. The molecule has 0 saturated heterocycles. The average molecular weight is 478 g/mol. The Hall–Kier alpha value is -3.66. The van der Waals surface area contributed by atoms with E-state index in [0.29, 0.717) is 35.4 Å². The maximum atomic E-state index is 5.67. The van der Waals surface area contributed by atoms with Crippen LogP contribution in [0.4, 0.5) is 5.95 Å². The first-order valence-electron chi connectivity index (χ1n) is 10.8.